The lowest BCUT2D eigenvalue weighted by Gasteiger charge is -2.45. The van der Waals surface area contributed by atoms with Crippen LogP contribution in [0.15, 0.2) is 30.3 Å². The summed E-state index contributed by atoms with van der Waals surface area (Å²) in [4.78, 5) is 24.5. The van der Waals surface area contributed by atoms with Gasteiger partial charge in [-0.3, -0.25) is 14.9 Å². The van der Waals surface area contributed by atoms with Crippen LogP contribution in [0.3, 0.4) is 0 Å². The molecule has 1 aromatic rings. The second-order valence-corrected chi connectivity index (χ2v) is 7.14. The largest absolute Gasteiger partial charge is 0.296 e. The van der Waals surface area contributed by atoms with Crippen LogP contribution in [-0.4, -0.2) is 11.8 Å². The first-order valence-electron chi connectivity index (χ1n) is 8.05. The minimum absolute atomic E-state index is 0.0344. The highest BCUT2D eigenvalue weighted by atomic mass is 16.2. The summed E-state index contributed by atoms with van der Waals surface area (Å²) in [5.74, 6) is 1.19. The molecule has 2 amide bonds. The highest BCUT2D eigenvalue weighted by molar-refractivity contribution is 6.00. The van der Waals surface area contributed by atoms with Gasteiger partial charge in [0.15, 0.2) is 0 Å². The molecule has 3 nitrogen and oxygen atoms in total. The maximum Gasteiger partial charge on any atom is 0.230 e. The number of amides is 2. The first-order valence-corrected chi connectivity index (χ1v) is 8.05. The SMILES string of the molecule is O=C1CC2(CC3CCC2C3)C(Cc2ccccc2)C(=O)N1. The van der Waals surface area contributed by atoms with Crippen molar-refractivity contribution < 1.29 is 9.59 Å². The molecule has 4 rings (SSSR count). The van der Waals surface area contributed by atoms with Crippen molar-refractivity contribution in [2.45, 2.75) is 38.5 Å². The minimum atomic E-state index is -0.0585. The van der Waals surface area contributed by atoms with Crippen molar-refractivity contribution in [1.29, 1.82) is 0 Å². The minimum Gasteiger partial charge on any atom is -0.296 e. The molecule has 3 fully saturated rings. The molecule has 4 atom stereocenters. The lowest BCUT2D eigenvalue weighted by atomic mass is 9.59. The molecule has 1 saturated heterocycles. The first-order chi connectivity index (χ1) is 10.2. The molecule has 3 aliphatic rings. The fourth-order valence-corrected chi connectivity index (χ4v) is 5.23. The third-order valence-electron chi connectivity index (χ3n) is 6.07. The van der Waals surface area contributed by atoms with Gasteiger partial charge < -0.3 is 0 Å². The van der Waals surface area contributed by atoms with Crippen molar-refractivity contribution in [3.63, 3.8) is 0 Å². The van der Waals surface area contributed by atoms with Crippen LogP contribution in [-0.2, 0) is 16.0 Å². The van der Waals surface area contributed by atoms with Crippen LogP contribution < -0.4 is 5.32 Å². The highest BCUT2D eigenvalue weighted by Gasteiger charge is 2.59. The van der Waals surface area contributed by atoms with Gasteiger partial charge in [-0.1, -0.05) is 36.8 Å². The average molecular weight is 283 g/mol. The smallest absolute Gasteiger partial charge is 0.230 e. The summed E-state index contributed by atoms with van der Waals surface area (Å²) in [6.45, 7) is 0. The summed E-state index contributed by atoms with van der Waals surface area (Å²) >= 11 is 0. The Bertz CT molecular complexity index is 582. The number of piperidine rings is 1. The molecule has 3 heteroatoms. The van der Waals surface area contributed by atoms with Crippen molar-refractivity contribution in [1.82, 2.24) is 5.32 Å². The van der Waals surface area contributed by atoms with E-state index in [-0.39, 0.29) is 23.1 Å². The Morgan fingerprint density at radius 3 is 2.62 bits per heavy atom. The predicted octanol–water partition coefficient (Wildman–Crippen LogP) is 2.70. The zero-order valence-electron chi connectivity index (χ0n) is 12.2. The van der Waals surface area contributed by atoms with E-state index < -0.39 is 0 Å². The van der Waals surface area contributed by atoms with Gasteiger partial charge in [-0.2, -0.15) is 0 Å². The van der Waals surface area contributed by atoms with Crippen molar-refractivity contribution >= 4 is 11.8 Å². The standard InChI is InChI=1S/C18H21NO2/c20-16-11-18(10-13-6-7-14(18)8-13)15(17(21)19-16)9-12-4-2-1-3-5-12/h1-5,13-15H,6-11H2,(H,19,20,21). The van der Waals surface area contributed by atoms with Crippen LogP contribution in [0.2, 0.25) is 0 Å². The summed E-state index contributed by atoms with van der Waals surface area (Å²) in [5.41, 5.74) is 1.15. The topological polar surface area (TPSA) is 46.2 Å². The van der Waals surface area contributed by atoms with E-state index in [1.807, 2.05) is 18.2 Å². The van der Waals surface area contributed by atoms with Gasteiger partial charge >= 0.3 is 0 Å². The molecule has 2 aliphatic carbocycles. The molecule has 1 heterocycles. The average Bonchev–Trinajstić information content (AvgIpc) is 3.05. The number of carbonyl (C=O) groups is 2. The summed E-state index contributed by atoms with van der Waals surface area (Å²) in [6, 6.07) is 10.2. The number of hydrogen-bond acceptors (Lipinski definition) is 2. The Balaban J connectivity index is 1.68. The van der Waals surface area contributed by atoms with Crippen molar-refractivity contribution in [2.75, 3.05) is 0 Å². The van der Waals surface area contributed by atoms with E-state index in [1.165, 1.54) is 24.8 Å². The molecule has 4 unspecified atom stereocenters. The van der Waals surface area contributed by atoms with Gasteiger partial charge in [0.25, 0.3) is 0 Å². The summed E-state index contributed by atoms with van der Waals surface area (Å²) < 4.78 is 0. The molecule has 21 heavy (non-hydrogen) atoms. The first kappa shape index (κ1) is 13.1. The van der Waals surface area contributed by atoms with E-state index in [4.69, 9.17) is 0 Å². The van der Waals surface area contributed by atoms with Crippen molar-refractivity contribution in [3.8, 4) is 0 Å². The van der Waals surface area contributed by atoms with Gasteiger partial charge in [0.05, 0.1) is 0 Å². The monoisotopic (exact) mass is 283 g/mol. The summed E-state index contributed by atoms with van der Waals surface area (Å²) in [5, 5.41) is 2.58. The van der Waals surface area contributed by atoms with E-state index in [0.29, 0.717) is 12.3 Å². The van der Waals surface area contributed by atoms with Crippen LogP contribution >= 0.6 is 0 Å². The molecular formula is C18H21NO2. The van der Waals surface area contributed by atoms with Gasteiger partial charge in [0.1, 0.15) is 0 Å². The number of nitrogens with one attached hydrogen (secondary N) is 1. The molecule has 1 aliphatic heterocycles. The van der Waals surface area contributed by atoms with Gasteiger partial charge in [0.2, 0.25) is 11.8 Å². The fraction of sp³-hybridized carbons (Fsp3) is 0.556. The third-order valence-corrected chi connectivity index (χ3v) is 6.07. The number of hydrogen-bond donors (Lipinski definition) is 1. The van der Waals surface area contributed by atoms with E-state index in [0.717, 1.165) is 18.8 Å². The molecule has 1 N–H and O–H groups in total. The quantitative estimate of drug-likeness (QED) is 0.848. The van der Waals surface area contributed by atoms with Crippen LogP contribution in [0.25, 0.3) is 0 Å². The Morgan fingerprint density at radius 2 is 1.95 bits per heavy atom. The van der Waals surface area contributed by atoms with E-state index in [1.54, 1.807) is 0 Å². The third kappa shape index (κ3) is 2.02. The summed E-state index contributed by atoms with van der Waals surface area (Å²) in [7, 11) is 0. The van der Waals surface area contributed by atoms with Gasteiger partial charge in [0, 0.05) is 12.3 Å². The second kappa shape index (κ2) is 4.69. The molecule has 1 spiro atoms. The van der Waals surface area contributed by atoms with Crippen LogP contribution in [0.1, 0.15) is 37.7 Å². The van der Waals surface area contributed by atoms with Gasteiger partial charge in [-0.15, -0.1) is 0 Å². The number of fused-ring (bicyclic) bond motifs is 3. The number of imide groups is 1. The summed E-state index contributed by atoms with van der Waals surface area (Å²) in [6.07, 6.45) is 6.12. The second-order valence-electron chi connectivity index (χ2n) is 7.14. The number of benzene rings is 1. The maximum absolute atomic E-state index is 12.5. The Kier molecular flexibility index (Phi) is 2.91. The lowest BCUT2D eigenvalue weighted by Crippen LogP contribution is -2.54. The van der Waals surface area contributed by atoms with Crippen molar-refractivity contribution in [2.24, 2.45) is 23.2 Å². The molecule has 2 saturated carbocycles. The normalized spacial score (nSPS) is 38.0. The predicted molar refractivity (Wildman–Crippen MR) is 79.3 cm³/mol. The molecular weight excluding hydrogens is 262 g/mol. The zero-order chi connectivity index (χ0) is 14.4. The van der Waals surface area contributed by atoms with Crippen molar-refractivity contribution in [3.05, 3.63) is 35.9 Å². The molecule has 0 radical (unpaired) electrons. The highest BCUT2D eigenvalue weighted by Crippen LogP contribution is 2.62. The molecule has 0 aromatic heterocycles. The molecule has 2 bridgehead atoms. The number of rotatable bonds is 2. The Hall–Kier alpha value is -1.64. The lowest BCUT2D eigenvalue weighted by molar-refractivity contribution is -0.146. The molecule has 1 aromatic carbocycles. The Labute approximate surface area is 125 Å². The van der Waals surface area contributed by atoms with E-state index in [9.17, 15) is 9.59 Å². The van der Waals surface area contributed by atoms with Crippen LogP contribution in [0.5, 0.6) is 0 Å². The van der Waals surface area contributed by atoms with Crippen LogP contribution in [0.4, 0.5) is 0 Å². The number of carbonyl (C=O) groups excluding carboxylic acids is 2. The van der Waals surface area contributed by atoms with Gasteiger partial charge in [-0.25, -0.2) is 0 Å². The van der Waals surface area contributed by atoms with E-state index >= 15 is 0 Å². The van der Waals surface area contributed by atoms with Crippen LogP contribution in [0, 0.1) is 23.2 Å². The Morgan fingerprint density at radius 1 is 1.14 bits per heavy atom. The van der Waals surface area contributed by atoms with E-state index in [2.05, 4.69) is 17.4 Å². The van der Waals surface area contributed by atoms with Gasteiger partial charge in [-0.05, 0) is 48.5 Å². The maximum atomic E-state index is 12.5. The zero-order valence-corrected chi connectivity index (χ0v) is 12.2. The molecule has 110 valence electrons. The fourth-order valence-electron chi connectivity index (χ4n) is 5.23.